The molecule has 144 valence electrons. The average molecular weight is 411 g/mol. The number of benzene rings is 1. The molecule has 0 spiro atoms. The van der Waals surface area contributed by atoms with Crippen molar-refractivity contribution in [3.63, 3.8) is 0 Å². The van der Waals surface area contributed by atoms with E-state index in [1.807, 2.05) is 6.92 Å². The van der Waals surface area contributed by atoms with Crippen molar-refractivity contribution < 1.29 is 18.8 Å². The number of hydrogen-bond donors (Lipinski definition) is 0. The van der Waals surface area contributed by atoms with Crippen LogP contribution in [0.25, 0.3) is 0 Å². The van der Waals surface area contributed by atoms with Crippen LogP contribution in [0, 0.1) is 0 Å². The Labute approximate surface area is 165 Å². The van der Waals surface area contributed by atoms with Gasteiger partial charge in [-0.25, -0.2) is 4.79 Å². The Kier molecular flexibility index (Phi) is 5.64. The van der Waals surface area contributed by atoms with Crippen LogP contribution < -0.4 is 19.3 Å². The molecule has 1 unspecified atom stereocenters. The summed E-state index contributed by atoms with van der Waals surface area (Å²) in [4.78, 5) is 24.6. The van der Waals surface area contributed by atoms with E-state index in [2.05, 4.69) is 9.97 Å². The number of fused-ring (bicyclic) bond motifs is 1. The third-order valence-corrected chi connectivity index (χ3v) is 5.27. The van der Waals surface area contributed by atoms with E-state index >= 15 is 0 Å². The molecule has 1 aliphatic rings. The number of aromatic nitrogens is 2. The van der Waals surface area contributed by atoms with Crippen LogP contribution in [0.4, 0.5) is 16.3 Å². The fraction of sp³-hybridized carbons (Fsp3) is 0.353. The lowest BCUT2D eigenvalue weighted by Crippen LogP contribution is -2.48. The molecule has 1 atom stereocenters. The smallest absolute Gasteiger partial charge is 0.344 e. The second-order valence-electron chi connectivity index (χ2n) is 5.73. The fourth-order valence-electron chi connectivity index (χ4n) is 2.83. The molecule has 3 rings (SSSR count). The number of hydrogen-bond acceptors (Lipinski definition) is 6. The van der Waals surface area contributed by atoms with Crippen molar-refractivity contribution >= 4 is 40.3 Å². The molecule has 10 heteroatoms. The minimum Gasteiger partial charge on any atom is -0.609 e. The summed E-state index contributed by atoms with van der Waals surface area (Å²) >= 11 is 5.12. The largest absolute Gasteiger partial charge is 0.609 e. The maximum atomic E-state index is 13.1. The second kappa shape index (κ2) is 7.79. The molecular formula is C17H19ClN4O4S. The van der Waals surface area contributed by atoms with E-state index in [1.54, 1.807) is 18.3 Å². The van der Waals surface area contributed by atoms with Gasteiger partial charge in [0.2, 0.25) is 0 Å². The lowest BCUT2D eigenvalue weighted by molar-refractivity contribution is 0.250. The standard InChI is InChI=1S/C17H19ClN4O4S/c1-5-21-15-10(8-19-16(20-15)27(4)24)9-22(17(21)23)12-6-11(25-2)7-13(26-3)14(12)18/h6-8H,5,9H2,1-4H3. The van der Waals surface area contributed by atoms with E-state index in [0.29, 0.717) is 34.6 Å². The van der Waals surface area contributed by atoms with Gasteiger partial charge in [0.25, 0.3) is 0 Å². The Morgan fingerprint density at radius 1 is 1.33 bits per heavy atom. The Bertz CT molecular complexity index is 880. The van der Waals surface area contributed by atoms with Crippen LogP contribution in [0.2, 0.25) is 5.02 Å². The molecular weight excluding hydrogens is 392 g/mol. The van der Waals surface area contributed by atoms with Gasteiger partial charge in [-0.3, -0.25) is 9.80 Å². The molecule has 0 bridgehead atoms. The predicted octanol–water partition coefficient (Wildman–Crippen LogP) is 2.85. The monoisotopic (exact) mass is 410 g/mol. The highest BCUT2D eigenvalue weighted by atomic mass is 35.5. The van der Waals surface area contributed by atoms with Gasteiger partial charge >= 0.3 is 11.2 Å². The van der Waals surface area contributed by atoms with Crippen LogP contribution >= 0.6 is 11.6 Å². The van der Waals surface area contributed by atoms with Gasteiger partial charge in [0.15, 0.2) is 0 Å². The number of urea groups is 1. The molecule has 1 aromatic heterocycles. The molecule has 0 N–H and O–H groups in total. The van der Waals surface area contributed by atoms with E-state index in [4.69, 9.17) is 21.1 Å². The highest BCUT2D eigenvalue weighted by molar-refractivity contribution is 7.90. The summed E-state index contributed by atoms with van der Waals surface area (Å²) in [6, 6.07) is 3.03. The number of nitrogens with zero attached hydrogens (tertiary/aromatic N) is 4. The number of amides is 2. The van der Waals surface area contributed by atoms with Crippen molar-refractivity contribution in [2.45, 2.75) is 18.6 Å². The molecule has 2 amide bonds. The first-order chi connectivity index (χ1) is 12.9. The van der Waals surface area contributed by atoms with Gasteiger partial charge in [-0.15, -0.1) is 0 Å². The molecule has 2 aromatic rings. The van der Waals surface area contributed by atoms with Crippen molar-refractivity contribution in [1.82, 2.24) is 9.97 Å². The van der Waals surface area contributed by atoms with E-state index in [-0.39, 0.29) is 17.7 Å². The molecule has 0 fully saturated rings. The van der Waals surface area contributed by atoms with Gasteiger partial charge in [0.1, 0.15) is 28.6 Å². The first kappa shape index (κ1) is 19.5. The quantitative estimate of drug-likeness (QED) is 0.556. The minimum absolute atomic E-state index is 0.189. The van der Waals surface area contributed by atoms with E-state index in [1.165, 1.54) is 30.3 Å². The van der Waals surface area contributed by atoms with Crippen LogP contribution in [-0.4, -0.2) is 47.6 Å². The lowest BCUT2D eigenvalue weighted by Gasteiger charge is -2.36. The minimum atomic E-state index is -1.34. The predicted molar refractivity (Wildman–Crippen MR) is 104 cm³/mol. The molecule has 0 saturated carbocycles. The topological polar surface area (TPSA) is 90.9 Å². The summed E-state index contributed by atoms with van der Waals surface area (Å²) in [5, 5.41) is 0.493. The number of anilines is 2. The first-order valence-corrected chi connectivity index (χ1v) is 10.0. The highest BCUT2D eigenvalue weighted by Gasteiger charge is 2.34. The van der Waals surface area contributed by atoms with Gasteiger partial charge in [-0.05, 0) is 6.92 Å². The van der Waals surface area contributed by atoms with E-state index in [0.717, 1.165) is 5.56 Å². The zero-order valence-electron chi connectivity index (χ0n) is 15.4. The van der Waals surface area contributed by atoms with E-state index in [9.17, 15) is 9.35 Å². The first-order valence-electron chi connectivity index (χ1n) is 8.11. The summed E-state index contributed by atoms with van der Waals surface area (Å²) < 4.78 is 22.3. The van der Waals surface area contributed by atoms with Gasteiger partial charge in [0.05, 0.1) is 26.5 Å². The Morgan fingerprint density at radius 2 is 2.07 bits per heavy atom. The average Bonchev–Trinajstić information content (AvgIpc) is 2.67. The van der Waals surface area contributed by atoms with Crippen LogP contribution in [-0.2, 0) is 17.7 Å². The van der Waals surface area contributed by atoms with Gasteiger partial charge < -0.3 is 14.0 Å². The third kappa shape index (κ3) is 3.50. The van der Waals surface area contributed by atoms with Gasteiger partial charge in [-0.2, -0.15) is 9.97 Å². The number of halogens is 1. The molecule has 2 heterocycles. The van der Waals surface area contributed by atoms with Gasteiger partial charge in [0, 0.05) is 41.6 Å². The zero-order chi connectivity index (χ0) is 19.7. The molecule has 1 aromatic carbocycles. The molecule has 0 radical (unpaired) electrons. The summed E-state index contributed by atoms with van der Waals surface area (Å²) in [5.41, 5.74) is 1.19. The maximum Gasteiger partial charge on any atom is 0.344 e. The normalized spacial score (nSPS) is 14.8. The van der Waals surface area contributed by atoms with Crippen LogP contribution in [0.3, 0.4) is 0 Å². The van der Waals surface area contributed by atoms with Crippen molar-refractivity contribution in [2.75, 3.05) is 36.8 Å². The number of methoxy groups -OCH3 is 2. The van der Waals surface area contributed by atoms with Crippen molar-refractivity contribution in [3.8, 4) is 11.5 Å². The molecule has 27 heavy (non-hydrogen) atoms. The molecule has 0 aliphatic carbocycles. The van der Waals surface area contributed by atoms with Crippen LogP contribution in [0.15, 0.2) is 23.5 Å². The summed E-state index contributed by atoms with van der Waals surface area (Å²) in [7, 11) is 3.02. The summed E-state index contributed by atoms with van der Waals surface area (Å²) in [6.07, 6.45) is 3.09. The van der Waals surface area contributed by atoms with Crippen molar-refractivity contribution in [3.05, 3.63) is 28.9 Å². The van der Waals surface area contributed by atoms with Gasteiger partial charge in [-0.1, -0.05) is 11.6 Å². The Balaban J connectivity index is 2.11. The van der Waals surface area contributed by atoms with Crippen molar-refractivity contribution in [1.29, 1.82) is 0 Å². The highest BCUT2D eigenvalue weighted by Crippen LogP contribution is 2.41. The number of rotatable bonds is 5. The summed E-state index contributed by atoms with van der Waals surface area (Å²) in [5.74, 6) is 1.38. The third-order valence-electron chi connectivity index (χ3n) is 4.18. The van der Waals surface area contributed by atoms with Crippen LogP contribution in [0.5, 0.6) is 11.5 Å². The fourth-order valence-corrected chi connectivity index (χ4v) is 3.54. The number of ether oxygens (including phenoxy) is 2. The SMILES string of the molecule is CCN1C(=O)N(c2cc(OC)cc(OC)c2Cl)Cc2cnc([S+](C)[O-])nc21. The zero-order valence-corrected chi connectivity index (χ0v) is 16.9. The maximum absolute atomic E-state index is 13.1. The Morgan fingerprint density at radius 3 is 2.67 bits per heavy atom. The van der Waals surface area contributed by atoms with Crippen molar-refractivity contribution in [2.24, 2.45) is 0 Å². The van der Waals surface area contributed by atoms with Crippen LogP contribution in [0.1, 0.15) is 12.5 Å². The summed E-state index contributed by atoms with van der Waals surface area (Å²) in [6.45, 7) is 2.44. The van der Waals surface area contributed by atoms with E-state index < -0.39 is 11.2 Å². The Hall–Kier alpha value is -2.23. The molecule has 8 nitrogen and oxygen atoms in total. The molecule has 0 saturated heterocycles. The number of carbonyl (C=O) groups excluding carboxylic acids is 1. The number of carbonyl (C=O) groups is 1. The lowest BCUT2D eigenvalue weighted by atomic mass is 10.1. The molecule has 1 aliphatic heterocycles. The second-order valence-corrected chi connectivity index (χ2v) is 7.38.